The smallest absolute Gasteiger partial charge is 0.267 e. The van der Waals surface area contributed by atoms with E-state index in [2.05, 4.69) is 25.4 Å². The molecule has 35 heavy (non-hydrogen) atoms. The van der Waals surface area contributed by atoms with Gasteiger partial charge in [-0.2, -0.15) is 5.10 Å². The zero-order chi connectivity index (χ0) is 24.5. The van der Waals surface area contributed by atoms with Gasteiger partial charge in [0.2, 0.25) is 0 Å². The first-order valence-electron chi connectivity index (χ1n) is 11.0. The molecule has 3 heterocycles. The Hall–Kier alpha value is -4.31. The molecular weight excluding hydrogens is 466 g/mol. The number of nitrogens with two attached hydrogens (primary N) is 1. The molecule has 0 fully saturated rings. The van der Waals surface area contributed by atoms with Gasteiger partial charge in [-0.25, -0.2) is 19.9 Å². The molecule has 0 bridgehead atoms. The van der Waals surface area contributed by atoms with Crippen molar-refractivity contribution in [3.63, 3.8) is 0 Å². The van der Waals surface area contributed by atoms with Crippen LogP contribution >= 0.6 is 11.6 Å². The second-order valence-corrected chi connectivity index (χ2v) is 8.32. The van der Waals surface area contributed by atoms with Gasteiger partial charge in [0, 0.05) is 7.05 Å². The fourth-order valence-corrected chi connectivity index (χ4v) is 4.21. The highest BCUT2D eigenvalue weighted by molar-refractivity contribution is 6.35. The second kappa shape index (κ2) is 9.15. The molecule has 5 aromatic rings. The van der Waals surface area contributed by atoms with Crippen molar-refractivity contribution in [1.29, 1.82) is 0 Å². The number of anilines is 2. The lowest BCUT2D eigenvalue weighted by atomic mass is 10.1. The third-order valence-electron chi connectivity index (χ3n) is 5.62. The van der Waals surface area contributed by atoms with Crippen LogP contribution in [-0.4, -0.2) is 34.3 Å². The number of para-hydroxylation sites is 1. The van der Waals surface area contributed by atoms with E-state index in [4.69, 9.17) is 22.3 Å². The van der Waals surface area contributed by atoms with E-state index in [1.54, 1.807) is 40.8 Å². The summed E-state index contributed by atoms with van der Waals surface area (Å²) in [6.45, 7) is 1.99. The molecule has 0 saturated heterocycles. The van der Waals surface area contributed by atoms with E-state index in [0.29, 0.717) is 51.1 Å². The van der Waals surface area contributed by atoms with Crippen molar-refractivity contribution in [2.45, 2.75) is 19.4 Å². The Labute approximate surface area is 205 Å². The molecule has 0 saturated carbocycles. The van der Waals surface area contributed by atoms with Crippen molar-refractivity contribution in [3.8, 4) is 17.1 Å². The van der Waals surface area contributed by atoms with Crippen molar-refractivity contribution in [3.05, 3.63) is 82.4 Å². The number of hydrogen-bond donors (Lipinski definition) is 2. The molecule has 0 unspecified atom stereocenters. The predicted octanol–water partition coefficient (Wildman–Crippen LogP) is 3.77. The van der Waals surface area contributed by atoms with Gasteiger partial charge in [0.25, 0.3) is 5.56 Å². The molecule has 0 aliphatic carbocycles. The Kier molecular flexibility index (Phi) is 5.87. The van der Waals surface area contributed by atoms with Crippen LogP contribution in [0.5, 0.6) is 0 Å². The lowest BCUT2D eigenvalue weighted by Gasteiger charge is -2.23. The van der Waals surface area contributed by atoms with E-state index >= 15 is 0 Å². The van der Waals surface area contributed by atoms with E-state index in [-0.39, 0.29) is 11.4 Å². The van der Waals surface area contributed by atoms with Gasteiger partial charge in [0.1, 0.15) is 35.7 Å². The minimum Gasteiger partial charge on any atom is -0.383 e. The van der Waals surface area contributed by atoms with Gasteiger partial charge in [-0.1, -0.05) is 42.8 Å². The average Bonchev–Trinajstić information content (AvgIpc) is 3.28. The quantitative estimate of drug-likeness (QED) is 0.370. The highest BCUT2D eigenvalue weighted by Gasteiger charge is 2.24. The largest absolute Gasteiger partial charge is 0.383 e. The summed E-state index contributed by atoms with van der Waals surface area (Å²) in [4.78, 5) is 31.4. The SMILES string of the molecule is CC[C@H](Nc1ncnc(N)c1-c1ncn(C)n1)c1nc2cccc(Cl)c2c(=O)n1-c1ccccc1. The monoisotopic (exact) mass is 487 g/mol. The normalized spacial score (nSPS) is 12.1. The summed E-state index contributed by atoms with van der Waals surface area (Å²) in [5.41, 5.74) is 7.60. The molecule has 0 spiro atoms. The minimum atomic E-state index is -0.414. The van der Waals surface area contributed by atoms with E-state index in [1.807, 2.05) is 37.3 Å². The minimum absolute atomic E-state index is 0.238. The number of nitrogens with one attached hydrogen (secondary N) is 1. The maximum absolute atomic E-state index is 13.7. The van der Waals surface area contributed by atoms with Gasteiger partial charge in [-0.15, -0.1) is 0 Å². The van der Waals surface area contributed by atoms with Crippen LogP contribution in [0.1, 0.15) is 25.2 Å². The summed E-state index contributed by atoms with van der Waals surface area (Å²) in [7, 11) is 1.77. The fourth-order valence-electron chi connectivity index (χ4n) is 3.96. The van der Waals surface area contributed by atoms with Gasteiger partial charge in [-0.05, 0) is 30.7 Å². The van der Waals surface area contributed by atoms with Crippen LogP contribution in [0.4, 0.5) is 11.6 Å². The van der Waals surface area contributed by atoms with Crippen molar-refractivity contribution < 1.29 is 0 Å². The number of nitrogen functional groups attached to an aromatic ring is 1. The number of aryl methyl sites for hydroxylation is 1. The molecule has 176 valence electrons. The number of halogens is 1. The van der Waals surface area contributed by atoms with Crippen LogP contribution < -0.4 is 16.6 Å². The average molecular weight is 488 g/mol. The molecule has 0 radical (unpaired) electrons. The lowest BCUT2D eigenvalue weighted by molar-refractivity contribution is 0.658. The van der Waals surface area contributed by atoms with Gasteiger partial charge in [0.05, 0.1) is 27.7 Å². The van der Waals surface area contributed by atoms with Crippen LogP contribution in [0.15, 0.2) is 66.0 Å². The Balaban J connectivity index is 1.71. The van der Waals surface area contributed by atoms with Crippen molar-refractivity contribution in [1.82, 2.24) is 34.3 Å². The summed E-state index contributed by atoms with van der Waals surface area (Å²) in [5.74, 6) is 1.58. The molecule has 0 aliphatic heterocycles. The van der Waals surface area contributed by atoms with Gasteiger partial charge < -0.3 is 11.1 Å². The topological polar surface area (TPSA) is 129 Å². The van der Waals surface area contributed by atoms with Gasteiger partial charge in [0.15, 0.2) is 5.82 Å². The lowest BCUT2D eigenvalue weighted by Crippen LogP contribution is -2.28. The Bertz CT molecular complexity index is 1580. The third kappa shape index (κ3) is 4.08. The summed E-state index contributed by atoms with van der Waals surface area (Å²) >= 11 is 6.41. The number of nitrogens with zero attached hydrogens (tertiary/aromatic N) is 7. The fraction of sp³-hybridized carbons (Fsp3) is 0.167. The van der Waals surface area contributed by atoms with Crippen LogP contribution in [-0.2, 0) is 7.05 Å². The highest BCUT2D eigenvalue weighted by Crippen LogP contribution is 2.32. The summed E-state index contributed by atoms with van der Waals surface area (Å²) < 4.78 is 3.16. The first-order valence-corrected chi connectivity index (χ1v) is 11.3. The van der Waals surface area contributed by atoms with Crippen LogP contribution in [0, 0.1) is 0 Å². The zero-order valence-electron chi connectivity index (χ0n) is 19.1. The summed E-state index contributed by atoms with van der Waals surface area (Å²) in [6.07, 6.45) is 3.53. The van der Waals surface area contributed by atoms with E-state index in [1.165, 1.54) is 6.33 Å². The highest BCUT2D eigenvalue weighted by atomic mass is 35.5. The van der Waals surface area contributed by atoms with Gasteiger partial charge in [-0.3, -0.25) is 14.0 Å². The first kappa shape index (κ1) is 22.5. The maximum Gasteiger partial charge on any atom is 0.267 e. The predicted molar refractivity (Wildman–Crippen MR) is 135 cm³/mol. The zero-order valence-corrected chi connectivity index (χ0v) is 19.8. The Morgan fingerprint density at radius 3 is 2.60 bits per heavy atom. The number of hydrogen-bond acceptors (Lipinski definition) is 8. The first-order chi connectivity index (χ1) is 17.0. The molecule has 3 aromatic heterocycles. The number of fused-ring (bicyclic) bond motifs is 1. The van der Waals surface area contributed by atoms with Crippen LogP contribution in [0.2, 0.25) is 5.02 Å². The standard InChI is InChI=1S/C24H22ClN9O/c1-3-16(30-21-19(20(26)27-12-28-21)22-29-13-33(2)32-22)23-31-17-11-7-10-15(25)18(17)24(35)34(23)14-8-5-4-6-9-14/h4-13,16H,3H2,1-2H3,(H3,26,27,28,30)/t16-/m0/s1. The molecule has 3 N–H and O–H groups in total. The Morgan fingerprint density at radius 2 is 1.89 bits per heavy atom. The molecule has 11 heteroatoms. The van der Waals surface area contributed by atoms with E-state index < -0.39 is 6.04 Å². The molecular formula is C24H22ClN9O. The molecule has 2 aromatic carbocycles. The van der Waals surface area contributed by atoms with Crippen molar-refractivity contribution in [2.24, 2.45) is 7.05 Å². The molecule has 0 aliphatic rings. The van der Waals surface area contributed by atoms with Crippen LogP contribution in [0.25, 0.3) is 28.0 Å². The van der Waals surface area contributed by atoms with Crippen molar-refractivity contribution >= 4 is 34.1 Å². The van der Waals surface area contributed by atoms with Crippen molar-refractivity contribution in [2.75, 3.05) is 11.1 Å². The number of benzene rings is 2. The van der Waals surface area contributed by atoms with Crippen LogP contribution in [0.3, 0.4) is 0 Å². The molecule has 1 atom stereocenters. The summed E-state index contributed by atoms with van der Waals surface area (Å²) in [5, 5.41) is 8.48. The van der Waals surface area contributed by atoms with E-state index in [0.717, 1.165) is 0 Å². The molecule has 5 rings (SSSR count). The maximum atomic E-state index is 13.7. The molecule has 0 amide bonds. The Morgan fingerprint density at radius 1 is 1.09 bits per heavy atom. The number of aromatic nitrogens is 7. The summed E-state index contributed by atoms with van der Waals surface area (Å²) in [6, 6.07) is 14.2. The van der Waals surface area contributed by atoms with Gasteiger partial charge >= 0.3 is 0 Å². The second-order valence-electron chi connectivity index (χ2n) is 7.91. The van der Waals surface area contributed by atoms with E-state index in [9.17, 15) is 4.79 Å². The molecule has 10 nitrogen and oxygen atoms in total. The third-order valence-corrected chi connectivity index (χ3v) is 5.93. The number of rotatable bonds is 6.